The summed E-state index contributed by atoms with van der Waals surface area (Å²) in [7, 11) is 0. The molecule has 0 fully saturated rings. The third-order valence-electron chi connectivity index (χ3n) is 0.286. The predicted molar refractivity (Wildman–Crippen MR) is 30.2 cm³/mol. The second-order valence-corrected chi connectivity index (χ2v) is 1.37. The van der Waals surface area contributed by atoms with Gasteiger partial charge in [-0.25, -0.2) is 0 Å². The van der Waals surface area contributed by atoms with Gasteiger partial charge in [0.2, 0.25) is 0 Å². The molecule has 0 aromatic heterocycles. The van der Waals surface area contributed by atoms with Crippen LogP contribution in [0.4, 0.5) is 35.4 Å². The fraction of sp³-hybridized carbons (Fsp3) is 0. The van der Waals surface area contributed by atoms with Crippen LogP contribution in [0.15, 0.2) is 23.5 Å². The van der Waals surface area contributed by atoms with Crippen molar-refractivity contribution in [2.24, 2.45) is 0 Å². The average molecular weight is 236 g/mol. The van der Waals surface area contributed by atoms with Gasteiger partial charge >= 0.3 is 18.2 Å². The molecule has 0 aliphatic carbocycles. The van der Waals surface area contributed by atoms with Gasteiger partial charge in [-0.3, -0.25) is 4.70 Å². The Morgan fingerprint density at radius 1 is 0.615 bits per heavy atom. The summed E-state index contributed by atoms with van der Waals surface area (Å²) in [5, 5.41) is -1.94. The lowest BCUT2D eigenvalue weighted by Gasteiger charge is -1.70. The molecule has 0 bridgehead atoms. The zero-order chi connectivity index (χ0) is 10.3. The minimum atomic E-state index is -2.91. The van der Waals surface area contributed by atoms with Crippen molar-refractivity contribution < 1.29 is 35.4 Å². The number of rotatable bonds is 0. The lowest BCUT2D eigenvalue weighted by atomic mass is 11.1. The van der Waals surface area contributed by atoms with Crippen LogP contribution >= 0.6 is 11.6 Å². The quantitative estimate of drug-likeness (QED) is 0.547. The maximum atomic E-state index is 10.7. The first-order valence-corrected chi connectivity index (χ1v) is 2.39. The van der Waals surface area contributed by atoms with E-state index in [2.05, 4.69) is 11.6 Å². The summed E-state index contributed by atoms with van der Waals surface area (Å²) in [6, 6.07) is 0. The summed E-state index contributed by atoms with van der Waals surface area (Å²) >= 11 is 4.08. The maximum Gasteiger partial charge on any atom is 0.334 e. The molecule has 13 heavy (non-hydrogen) atoms. The van der Waals surface area contributed by atoms with E-state index in [0.717, 1.165) is 0 Å². The van der Waals surface area contributed by atoms with E-state index in [0.29, 0.717) is 0 Å². The van der Waals surface area contributed by atoms with Crippen LogP contribution in [0.3, 0.4) is 0 Å². The molecule has 0 amide bonds. The lowest BCUT2D eigenvalue weighted by Crippen LogP contribution is -1.56. The molecular formula is C4HClF8. The zero-order valence-electron chi connectivity index (χ0n) is 5.43. The Balaban J connectivity index is -0.000000143. The molecule has 0 aliphatic rings. The summed E-state index contributed by atoms with van der Waals surface area (Å²) in [5.41, 5.74) is 0. The third kappa shape index (κ3) is 18.3. The minimum absolute atomic E-state index is 0. The monoisotopic (exact) mass is 236 g/mol. The van der Waals surface area contributed by atoms with Crippen LogP contribution in [0.25, 0.3) is 0 Å². The van der Waals surface area contributed by atoms with Crippen molar-refractivity contribution in [1.29, 1.82) is 0 Å². The maximum absolute atomic E-state index is 10.7. The molecule has 0 nitrogen and oxygen atoms in total. The van der Waals surface area contributed by atoms with Gasteiger partial charge in [-0.05, 0) is 11.6 Å². The van der Waals surface area contributed by atoms with E-state index >= 15 is 0 Å². The van der Waals surface area contributed by atoms with Gasteiger partial charge in [0.15, 0.2) is 0 Å². The highest BCUT2D eigenvalue weighted by molar-refractivity contribution is 6.28. The fourth-order valence-corrected chi connectivity index (χ4v) is 0. The average Bonchev–Trinajstić information content (AvgIpc) is 1.88. The Kier molecular flexibility index (Phi) is 12.9. The highest BCUT2D eigenvalue weighted by atomic mass is 35.5. The smallest absolute Gasteiger partial charge is 0.269 e. The standard InChI is InChI=1S/C2ClF3.C2F4.FH/c2*3-1(4)2(5)6;/h;;1H. The highest BCUT2D eigenvalue weighted by Gasteiger charge is 1.98. The first-order valence-electron chi connectivity index (χ1n) is 2.01. The van der Waals surface area contributed by atoms with E-state index in [1.807, 2.05) is 0 Å². The number of hydrogen-bond donors (Lipinski definition) is 0. The second kappa shape index (κ2) is 9.30. The molecule has 80 valence electrons. The Morgan fingerprint density at radius 3 is 0.769 bits per heavy atom. The molecule has 0 aromatic carbocycles. The van der Waals surface area contributed by atoms with Gasteiger partial charge in [-0.2, -0.15) is 30.7 Å². The van der Waals surface area contributed by atoms with Crippen molar-refractivity contribution in [2.75, 3.05) is 0 Å². The highest BCUT2D eigenvalue weighted by Crippen LogP contribution is 2.11. The van der Waals surface area contributed by atoms with Crippen molar-refractivity contribution in [2.45, 2.75) is 0 Å². The summed E-state index contributed by atoms with van der Waals surface area (Å²) in [5.74, 6) is 0. The second-order valence-electron chi connectivity index (χ2n) is 1.04. The molecule has 9 heteroatoms. The molecule has 0 heterocycles. The Morgan fingerprint density at radius 2 is 0.769 bits per heavy atom. The van der Waals surface area contributed by atoms with Gasteiger partial charge in [0.05, 0.1) is 0 Å². The summed E-state index contributed by atoms with van der Waals surface area (Å²) in [6.07, 6.45) is -8.29. The topological polar surface area (TPSA) is 0 Å². The van der Waals surface area contributed by atoms with Gasteiger partial charge < -0.3 is 0 Å². The lowest BCUT2D eigenvalue weighted by molar-refractivity contribution is 0.308. The molecule has 0 aliphatic heterocycles. The molecule has 0 atom stereocenters. The largest absolute Gasteiger partial charge is 0.334 e. The van der Waals surface area contributed by atoms with Crippen LogP contribution in [0.1, 0.15) is 0 Å². The van der Waals surface area contributed by atoms with Crippen LogP contribution in [0.5, 0.6) is 0 Å². The van der Waals surface area contributed by atoms with Gasteiger partial charge in [-0.1, -0.05) is 0 Å². The Bertz CT molecular complexity index is 138. The Labute approximate surface area is 71.7 Å². The first kappa shape index (κ1) is 18.1. The van der Waals surface area contributed by atoms with Crippen molar-refractivity contribution in [3.63, 3.8) is 0 Å². The summed E-state index contributed by atoms with van der Waals surface area (Å²) < 4.78 is 72.9. The van der Waals surface area contributed by atoms with Crippen molar-refractivity contribution in [3.05, 3.63) is 23.5 Å². The fourth-order valence-electron chi connectivity index (χ4n) is 0. The van der Waals surface area contributed by atoms with E-state index in [1.165, 1.54) is 0 Å². The molecule has 0 radical (unpaired) electrons. The van der Waals surface area contributed by atoms with E-state index in [9.17, 15) is 30.7 Å². The van der Waals surface area contributed by atoms with Gasteiger partial charge in [0.1, 0.15) is 0 Å². The first-order chi connectivity index (χ1) is 5.29. The molecule has 0 saturated carbocycles. The molecule has 0 N–H and O–H groups in total. The molecule has 0 spiro atoms. The van der Waals surface area contributed by atoms with Gasteiger partial charge in [0.25, 0.3) is 5.29 Å². The van der Waals surface area contributed by atoms with Gasteiger partial charge in [0, 0.05) is 0 Å². The van der Waals surface area contributed by atoms with Crippen LogP contribution in [0.2, 0.25) is 0 Å². The predicted octanol–water partition coefficient (Wildman–Crippen LogP) is 4.40. The van der Waals surface area contributed by atoms with Crippen LogP contribution in [-0.2, 0) is 0 Å². The SMILES string of the molecule is F.FC(F)=C(F)Cl.FC(F)=C(F)F. The molecule has 0 aromatic rings. The number of hydrogen-bond acceptors (Lipinski definition) is 0. The summed E-state index contributed by atoms with van der Waals surface area (Å²) in [4.78, 5) is 0. The Hall–Kier alpha value is -0.790. The summed E-state index contributed by atoms with van der Waals surface area (Å²) in [6.45, 7) is 0. The van der Waals surface area contributed by atoms with Crippen LogP contribution < -0.4 is 0 Å². The van der Waals surface area contributed by atoms with Crippen molar-refractivity contribution in [1.82, 2.24) is 0 Å². The molecular weight excluding hydrogens is 235 g/mol. The van der Waals surface area contributed by atoms with E-state index < -0.39 is 23.5 Å². The van der Waals surface area contributed by atoms with Crippen molar-refractivity contribution in [3.8, 4) is 0 Å². The molecule has 0 rings (SSSR count). The third-order valence-corrected chi connectivity index (χ3v) is 0.429. The van der Waals surface area contributed by atoms with E-state index in [4.69, 9.17) is 0 Å². The van der Waals surface area contributed by atoms with Crippen molar-refractivity contribution >= 4 is 11.6 Å². The van der Waals surface area contributed by atoms with E-state index in [1.54, 1.807) is 0 Å². The van der Waals surface area contributed by atoms with E-state index in [-0.39, 0.29) is 4.70 Å². The zero-order valence-corrected chi connectivity index (χ0v) is 6.19. The van der Waals surface area contributed by atoms with Crippen LogP contribution in [0, 0.1) is 0 Å². The number of halogens is 9. The minimum Gasteiger partial charge on any atom is -0.269 e. The molecule has 0 unspecified atom stereocenters. The van der Waals surface area contributed by atoms with Gasteiger partial charge in [-0.15, -0.1) is 0 Å². The normalized spacial score (nSPS) is 7.38. The van der Waals surface area contributed by atoms with Crippen LogP contribution in [-0.4, -0.2) is 0 Å². The molecule has 0 saturated heterocycles.